The predicted octanol–water partition coefficient (Wildman–Crippen LogP) is -0.830. The molecule has 2 saturated heterocycles. The lowest BCUT2D eigenvalue weighted by atomic mass is 10.4. The van der Waals surface area contributed by atoms with Crippen LogP contribution in [-0.2, 0) is 22.9 Å². The molecule has 0 spiro atoms. The van der Waals surface area contributed by atoms with Crippen molar-refractivity contribution in [3.63, 3.8) is 0 Å². The van der Waals surface area contributed by atoms with Crippen LogP contribution in [0.2, 0.25) is 0 Å². The number of hydrogen-bond acceptors (Lipinski definition) is 4. The summed E-state index contributed by atoms with van der Waals surface area (Å²) in [5.74, 6) is -0.0317. The lowest BCUT2D eigenvalue weighted by Crippen LogP contribution is -2.45. The first-order chi connectivity index (χ1) is 10.6. The highest BCUT2D eigenvalue weighted by molar-refractivity contribution is 5.78. The van der Waals surface area contributed by atoms with Gasteiger partial charge in [-0.05, 0) is 12.8 Å². The second kappa shape index (κ2) is 5.78. The molecule has 0 unspecified atom stereocenters. The van der Waals surface area contributed by atoms with Crippen LogP contribution >= 0.6 is 0 Å². The van der Waals surface area contributed by atoms with Gasteiger partial charge in [-0.1, -0.05) is 0 Å². The first-order valence-electron chi connectivity index (χ1n) is 7.42. The van der Waals surface area contributed by atoms with Gasteiger partial charge < -0.3 is 9.80 Å². The van der Waals surface area contributed by atoms with Crippen molar-refractivity contribution >= 4 is 11.8 Å². The third-order valence-corrected chi connectivity index (χ3v) is 4.12. The summed E-state index contributed by atoms with van der Waals surface area (Å²) >= 11 is 0. The van der Waals surface area contributed by atoms with Crippen LogP contribution in [-0.4, -0.2) is 43.8 Å². The van der Waals surface area contributed by atoms with Gasteiger partial charge in [0.05, 0.1) is 0 Å². The molecular weight excluding hydrogens is 288 g/mol. The average Bonchev–Trinajstić information content (AvgIpc) is 3.07. The molecular formula is C14H18N4O4. The normalized spacial score (nSPS) is 18.5. The Morgan fingerprint density at radius 1 is 0.864 bits per heavy atom. The van der Waals surface area contributed by atoms with Crippen LogP contribution in [0, 0.1) is 0 Å². The first kappa shape index (κ1) is 14.6. The van der Waals surface area contributed by atoms with E-state index in [1.54, 1.807) is 4.90 Å². The molecule has 0 aliphatic carbocycles. The highest BCUT2D eigenvalue weighted by Gasteiger charge is 2.23. The minimum Gasteiger partial charge on any atom is -0.324 e. The number of nitrogens with zero attached hydrogens (tertiary/aromatic N) is 4. The van der Waals surface area contributed by atoms with Crippen molar-refractivity contribution in [3.8, 4) is 0 Å². The standard InChI is InChI=1S/C14H18N4O4/c19-11-3-1-6-15(11)9-17-8-5-13(21)18(14(17)22)10-16-7-2-4-12(16)20/h5,8H,1-4,6-7,9-10H2. The minimum atomic E-state index is -0.494. The number of carbonyl (C=O) groups is 2. The average molecular weight is 306 g/mol. The van der Waals surface area contributed by atoms with Gasteiger partial charge in [-0.3, -0.25) is 19.0 Å². The topological polar surface area (TPSA) is 84.6 Å². The van der Waals surface area contributed by atoms with Crippen LogP contribution in [0.3, 0.4) is 0 Å². The molecule has 0 N–H and O–H groups in total. The number of amides is 2. The van der Waals surface area contributed by atoms with E-state index in [0.717, 1.165) is 17.4 Å². The summed E-state index contributed by atoms with van der Waals surface area (Å²) in [4.78, 5) is 50.8. The Morgan fingerprint density at radius 3 is 2.00 bits per heavy atom. The largest absolute Gasteiger partial charge is 0.333 e. The summed E-state index contributed by atoms with van der Waals surface area (Å²) in [5.41, 5.74) is -0.930. The van der Waals surface area contributed by atoms with Crippen LogP contribution in [0.5, 0.6) is 0 Å². The van der Waals surface area contributed by atoms with Crippen molar-refractivity contribution < 1.29 is 9.59 Å². The molecule has 1 aromatic rings. The molecule has 3 rings (SSSR count). The van der Waals surface area contributed by atoms with Crippen LogP contribution in [0.25, 0.3) is 0 Å². The van der Waals surface area contributed by atoms with Gasteiger partial charge in [-0.2, -0.15) is 0 Å². The molecule has 2 aliphatic rings. The predicted molar refractivity (Wildman–Crippen MR) is 76.9 cm³/mol. The van der Waals surface area contributed by atoms with Gasteiger partial charge in [0.1, 0.15) is 13.3 Å². The molecule has 3 heterocycles. The van der Waals surface area contributed by atoms with Gasteiger partial charge in [-0.25, -0.2) is 9.36 Å². The van der Waals surface area contributed by atoms with Crippen LogP contribution in [0.4, 0.5) is 0 Å². The molecule has 2 aliphatic heterocycles. The second-order valence-corrected chi connectivity index (χ2v) is 5.64. The van der Waals surface area contributed by atoms with Crippen molar-refractivity contribution in [2.45, 2.75) is 39.0 Å². The van der Waals surface area contributed by atoms with E-state index in [4.69, 9.17) is 0 Å². The number of aromatic nitrogens is 2. The summed E-state index contributed by atoms with van der Waals surface area (Å²) in [6.45, 7) is 1.30. The molecule has 0 saturated carbocycles. The summed E-state index contributed by atoms with van der Waals surface area (Å²) < 4.78 is 2.38. The number of likely N-dealkylation sites (tertiary alicyclic amines) is 2. The third-order valence-electron chi connectivity index (χ3n) is 4.12. The maximum atomic E-state index is 12.4. The quantitative estimate of drug-likeness (QED) is 0.727. The van der Waals surface area contributed by atoms with Gasteiger partial charge in [0.15, 0.2) is 0 Å². The summed E-state index contributed by atoms with van der Waals surface area (Å²) in [6, 6.07) is 1.29. The molecule has 1 aromatic heterocycles. The van der Waals surface area contributed by atoms with Crippen molar-refractivity contribution in [2.75, 3.05) is 13.1 Å². The molecule has 0 bridgehead atoms. The zero-order chi connectivity index (χ0) is 15.7. The Morgan fingerprint density at radius 2 is 1.45 bits per heavy atom. The van der Waals surface area contributed by atoms with Gasteiger partial charge in [0, 0.05) is 38.2 Å². The zero-order valence-electron chi connectivity index (χ0n) is 12.2. The minimum absolute atomic E-state index is 0.0133. The van der Waals surface area contributed by atoms with E-state index in [2.05, 4.69) is 0 Å². The number of rotatable bonds is 4. The molecule has 8 heteroatoms. The van der Waals surface area contributed by atoms with Crippen LogP contribution in [0.1, 0.15) is 25.7 Å². The molecule has 22 heavy (non-hydrogen) atoms. The SMILES string of the molecule is O=C1CCCN1Cn1ccc(=O)n(CN2CCCC2=O)c1=O. The smallest absolute Gasteiger partial charge is 0.324 e. The lowest BCUT2D eigenvalue weighted by Gasteiger charge is -2.20. The fourth-order valence-electron chi connectivity index (χ4n) is 2.86. The lowest BCUT2D eigenvalue weighted by molar-refractivity contribution is -0.129. The molecule has 0 aromatic carbocycles. The number of carbonyl (C=O) groups excluding carboxylic acids is 2. The Balaban J connectivity index is 1.85. The van der Waals surface area contributed by atoms with E-state index in [9.17, 15) is 19.2 Å². The number of hydrogen-bond donors (Lipinski definition) is 0. The summed E-state index contributed by atoms with van der Waals surface area (Å²) in [5, 5.41) is 0. The fourth-order valence-corrected chi connectivity index (χ4v) is 2.86. The molecule has 2 fully saturated rings. The van der Waals surface area contributed by atoms with E-state index < -0.39 is 11.2 Å². The monoisotopic (exact) mass is 306 g/mol. The summed E-state index contributed by atoms with van der Waals surface area (Å²) in [7, 11) is 0. The Kier molecular flexibility index (Phi) is 3.82. The van der Waals surface area contributed by atoms with Crippen molar-refractivity contribution in [2.24, 2.45) is 0 Å². The fraction of sp³-hybridized carbons (Fsp3) is 0.571. The summed E-state index contributed by atoms with van der Waals surface area (Å²) in [6.07, 6.45) is 3.89. The first-order valence-corrected chi connectivity index (χ1v) is 7.42. The highest BCUT2D eigenvalue weighted by atomic mass is 16.2. The Labute approximate surface area is 126 Å². The highest BCUT2D eigenvalue weighted by Crippen LogP contribution is 2.10. The molecule has 8 nitrogen and oxygen atoms in total. The van der Waals surface area contributed by atoms with Gasteiger partial charge in [-0.15, -0.1) is 0 Å². The maximum absolute atomic E-state index is 12.4. The van der Waals surface area contributed by atoms with E-state index in [0.29, 0.717) is 25.9 Å². The van der Waals surface area contributed by atoms with Gasteiger partial charge in [0.2, 0.25) is 11.8 Å². The van der Waals surface area contributed by atoms with E-state index >= 15 is 0 Å². The Hall–Kier alpha value is -2.38. The molecule has 0 radical (unpaired) electrons. The molecule has 2 amide bonds. The maximum Gasteiger partial charge on any atom is 0.333 e. The van der Waals surface area contributed by atoms with Crippen molar-refractivity contribution in [1.82, 2.24) is 18.9 Å². The van der Waals surface area contributed by atoms with Gasteiger partial charge >= 0.3 is 5.69 Å². The molecule has 118 valence electrons. The Bertz CT molecular complexity index is 720. The van der Waals surface area contributed by atoms with E-state index in [1.807, 2.05) is 0 Å². The van der Waals surface area contributed by atoms with Crippen molar-refractivity contribution in [1.29, 1.82) is 0 Å². The van der Waals surface area contributed by atoms with E-state index in [1.165, 1.54) is 21.7 Å². The third kappa shape index (κ3) is 2.68. The van der Waals surface area contributed by atoms with Gasteiger partial charge in [0.25, 0.3) is 5.56 Å². The van der Waals surface area contributed by atoms with Crippen molar-refractivity contribution in [3.05, 3.63) is 33.1 Å². The van der Waals surface area contributed by atoms with E-state index in [-0.39, 0.29) is 25.2 Å². The van der Waals surface area contributed by atoms with Crippen LogP contribution in [0.15, 0.2) is 21.9 Å². The molecule has 0 atom stereocenters. The zero-order valence-corrected chi connectivity index (χ0v) is 12.2. The second-order valence-electron chi connectivity index (χ2n) is 5.64. The van der Waals surface area contributed by atoms with Crippen LogP contribution < -0.4 is 11.2 Å².